The summed E-state index contributed by atoms with van der Waals surface area (Å²) >= 11 is 0. The summed E-state index contributed by atoms with van der Waals surface area (Å²) in [5.74, 6) is -3.42. The summed E-state index contributed by atoms with van der Waals surface area (Å²) in [5, 5.41) is 18.4. The van der Waals surface area contributed by atoms with Crippen molar-refractivity contribution in [2.45, 2.75) is 50.2 Å². The first-order chi connectivity index (χ1) is 13.0. The summed E-state index contributed by atoms with van der Waals surface area (Å²) < 4.78 is 33.6. The summed E-state index contributed by atoms with van der Waals surface area (Å²) in [6.07, 6.45) is 3.81. The molecular weight excluding hydrogens is 354 g/mol. The number of ether oxygens (including phenoxy) is 1. The number of benzene rings is 1. The molecule has 1 fully saturated rings. The minimum atomic E-state index is -3.42. The number of unbranched alkanes of at least 4 members (excludes halogenated alkanes) is 4. The number of aliphatic hydroxyl groups is 1. The van der Waals surface area contributed by atoms with Crippen molar-refractivity contribution in [2.24, 2.45) is 0 Å². The second-order valence-electron chi connectivity index (χ2n) is 6.48. The van der Waals surface area contributed by atoms with Crippen LogP contribution in [-0.4, -0.2) is 41.4 Å². The van der Waals surface area contributed by atoms with Crippen LogP contribution in [0.25, 0.3) is 0 Å². The Labute approximate surface area is 157 Å². The first-order valence-electron chi connectivity index (χ1n) is 9.07. The highest BCUT2D eigenvalue weighted by Crippen LogP contribution is 2.32. The van der Waals surface area contributed by atoms with E-state index in [0.717, 1.165) is 31.8 Å². The lowest BCUT2D eigenvalue weighted by Gasteiger charge is -2.22. The number of hydrogen-bond donors (Lipinski definition) is 1. The number of nitrogens with zero attached hydrogens (tertiary/aromatic N) is 2. The predicted octanol–water partition coefficient (Wildman–Crippen LogP) is 3.99. The summed E-state index contributed by atoms with van der Waals surface area (Å²) in [7, 11) is 0. The maximum Gasteiger partial charge on any atom is 0.410 e. The van der Waals surface area contributed by atoms with E-state index < -0.39 is 24.2 Å². The maximum atomic E-state index is 14.3. The molecule has 0 unspecified atom stereocenters. The van der Waals surface area contributed by atoms with E-state index in [-0.39, 0.29) is 12.2 Å². The Bertz CT molecular complexity index is 674. The van der Waals surface area contributed by atoms with Crippen molar-refractivity contribution in [3.8, 4) is 6.07 Å². The SMILES string of the molecule is N#CCCCCCCN1C(=O)OC[C@@H]1C=C[C@H](O)C(F)(F)c1ccccc1. The summed E-state index contributed by atoms with van der Waals surface area (Å²) in [6.45, 7) is 0.527. The van der Waals surface area contributed by atoms with Crippen LogP contribution in [0.2, 0.25) is 0 Å². The maximum absolute atomic E-state index is 14.3. The zero-order valence-electron chi connectivity index (χ0n) is 15.1. The number of nitriles is 1. The van der Waals surface area contributed by atoms with Crippen LogP contribution in [0.4, 0.5) is 13.6 Å². The molecule has 0 spiro atoms. The molecule has 1 saturated heterocycles. The van der Waals surface area contributed by atoms with E-state index in [1.165, 1.54) is 35.2 Å². The third-order valence-electron chi connectivity index (χ3n) is 4.50. The summed E-state index contributed by atoms with van der Waals surface area (Å²) in [5.41, 5.74) is -0.268. The Morgan fingerprint density at radius 3 is 2.70 bits per heavy atom. The number of amides is 1. The second-order valence-corrected chi connectivity index (χ2v) is 6.48. The van der Waals surface area contributed by atoms with Crippen LogP contribution in [0.3, 0.4) is 0 Å². The molecule has 27 heavy (non-hydrogen) atoms. The summed E-state index contributed by atoms with van der Waals surface area (Å²) in [6, 6.07) is 8.74. The zero-order valence-corrected chi connectivity index (χ0v) is 15.1. The molecule has 1 aliphatic rings. The first-order valence-corrected chi connectivity index (χ1v) is 9.07. The van der Waals surface area contributed by atoms with Gasteiger partial charge in [-0.15, -0.1) is 0 Å². The lowest BCUT2D eigenvalue weighted by molar-refractivity contribution is -0.0929. The topological polar surface area (TPSA) is 73.6 Å². The smallest absolute Gasteiger partial charge is 0.410 e. The quantitative estimate of drug-likeness (QED) is 0.493. The van der Waals surface area contributed by atoms with Gasteiger partial charge in [-0.3, -0.25) is 4.90 Å². The monoisotopic (exact) mass is 378 g/mol. The number of rotatable bonds is 10. The standard InChI is InChI=1S/C20H24F2N2O3/c21-20(22,16-9-5-4-6-10-16)18(25)12-11-17-15-27-19(26)24(17)14-8-3-1-2-7-13-23/h4-6,9-12,17-18,25H,1-3,7-8,14-15H2/t17-,18-/m0/s1. The van der Waals surface area contributed by atoms with E-state index in [4.69, 9.17) is 10.00 Å². The normalized spacial score (nSPS) is 18.5. The molecule has 0 bridgehead atoms. The van der Waals surface area contributed by atoms with Crippen LogP contribution in [0.1, 0.15) is 37.7 Å². The van der Waals surface area contributed by atoms with Gasteiger partial charge in [-0.05, 0) is 12.8 Å². The fourth-order valence-corrected chi connectivity index (χ4v) is 2.91. The van der Waals surface area contributed by atoms with Crippen LogP contribution in [0, 0.1) is 11.3 Å². The molecule has 1 heterocycles. The van der Waals surface area contributed by atoms with Gasteiger partial charge in [-0.2, -0.15) is 14.0 Å². The average Bonchev–Trinajstić information content (AvgIpc) is 3.03. The van der Waals surface area contributed by atoms with Crippen molar-refractivity contribution in [3.05, 3.63) is 48.0 Å². The van der Waals surface area contributed by atoms with Crippen LogP contribution >= 0.6 is 0 Å². The molecule has 0 saturated carbocycles. The van der Waals surface area contributed by atoms with Gasteiger partial charge in [0.05, 0.1) is 12.1 Å². The van der Waals surface area contributed by atoms with Gasteiger partial charge in [0.25, 0.3) is 0 Å². The second kappa shape index (κ2) is 10.0. The van der Waals surface area contributed by atoms with Crippen molar-refractivity contribution in [3.63, 3.8) is 0 Å². The Balaban J connectivity index is 1.90. The van der Waals surface area contributed by atoms with Gasteiger partial charge in [0, 0.05) is 18.5 Å². The Morgan fingerprint density at radius 1 is 1.30 bits per heavy atom. The fraction of sp³-hybridized carbons (Fsp3) is 0.500. The van der Waals surface area contributed by atoms with Crippen molar-refractivity contribution < 1.29 is 23.4 Å². The molecule has 1 aromatic rings. The number of hydrogen-bond acceptors (Lipinski definition) is 4. The van der Waals surface area contributed by atoms with E-state index in [2.05, 4.69) is 6.07 Å². The van der Waals surface area contributed by atoms with Crippen LogP contribution < -0.4 is 0 Å². The van der Waals surface area contributed by atoms with E-state index >= 15 is 0 Å². The van der Waals surface area contributed by atoms with Crippen molar-refractivity contribution in [1.82, 2.24) is 4.90 Å². The van der Waals surface area contributed by atoms with E-state index in [1.807, 2.05) is 0 Å². The average molecular weight is 378 g/mol. The van der Waals surface area contributed by atoms with Gasteiger partial charge < -0.3 is 9.84 Å². The van der Waals surface area contributed by atoms with Gasteiger partial charge in [0.2, 0.25) is 0 Å². The number of carbonyl (C=O) groups is 1. The molecule has 1 aromatic carbocycles. The third kappa shape index (κ3) is 5.76. The molecule has 7 heteroatoms. The van der Waals surface area contributed by atoms with Gasteiger partial charge in [0.1, 0.15) is 12.7 Å². The van der Waals surface area contributed by atoms with Crippen LogP contribution in [0.5, 0.6) is 0 Å². The molecule has 2 rings (SSSR count). The Kier molecular flexibility index (Phi) is 7.74. The van der Waals surface area contributed by atoms with E-state index in [9.17, 15) is 18.7 Å². The fourth-order valence-electron chi connectivity index (χ4n) is 2.91. The lowest BCUT2D eigenvalue weighted by atomic mass is 10.0. The molecule has 5 nitrogen and oxygen atoms in total. The highest BCUT2D eigenvalue weighted by Gasteiger charge is 2.39. The number of alkyl halides is 2. The van der Waals surface area contributed by atoms with Crippen molar-refractivity contribution in [1.29, 1.82) is 5.26 Å². The van der Waals surface area contributed by atoms with E-state index in [1.54, 1.807) is 6.07 Å². The lowest BCUT2D eigenvalue weighted by Crippen LogP contribution is -2.34. The number of aliphatic hydroxyl groups excluding tert-OH is 1. The predicted molar refractivity (Wildman–Crippen MR) is 96.0 cm³/mol. The van der Waals surface area contributed by atoms with Crippen molar-refractivity contribution >= 4 is 6.09 Å². The number of carbonyl (C=O) groups excluding carboxylic acids is 1. The van der Waals surface area contributed by atoms with Gasteiger partial charge in [-0.1, -0.05) is 55.3 Å². The summed E-state index contributed by atoms with van der Waals surface area (Å²) in [4.78, 5) is 13.3. The molecular formula is C20H24F2N2O3. The molecule has 146 valence electrons. The van der Waals surface area contributed by atoms with E-state index in [0.29, 0.717) is 13.0 Å². The molecule has 0 aromatic heterocycles. The minimum Gasteiger partial charge on any atom is -0.447 e. The molecule has 1 aliphatic heterocycles. The Morgan fingerprint density at radius 2 is 2.00 bits per heavy atom. The molecule has 1 N–H and O–H groups in total. The van der Waals surface area contributed by atoms with Gasteiger partial charge in [0.15, 0.2) is 0 Å². The highest BCUT2D eigenvalue weighted by atomic mass is 19.3. The molecule has 0 radical (unpaired) electrons. The zero-order chi connectivity index (χ0) is 19.7. The molecule has 2 atom stereocenters. The number of halogens is 2. The van der Waals surface area contributed by atoms with Crippen LogP contribution in [-0.2, 0) is 10.7 Å². The third-order valence-corrected chi connectivity index (χ3v) is 4.50. The van der Waals surface area contributed by atoms with Crippen LogP contribution in [0.15, 0.2) is 42.5 Å². The Hall–Kier alpha value is -2.46. The largest absolute Gasteiger partial charge is 0.447 e. The number of cyclic esters (lactones) is 1. The molecule has 1 amide bonds. The van der Waals surface area contributed by atoms with Gasteiger partial charge in [-0.25, -0.2) is 4.79 Å². The van der Waals surface area contributed by atoms with Gasteiger partial charge >= 0.3 is 12.0 Å². The molecule has 0 aliphatic carbocycles. The van der Waals surface area contributed by atoms with Crippen molar-refractivity contribution in [2.75, 3.05) is 13.2 Å². The highest BCUT2D eigenvalue weighted by molar-refractivity contribution is 5.70. The first kappa shape index (κ1) is 20.8. The minimum absolute atomic E-state index is 0.0768.